The maximum Gasteiger partial charge on any atom is 0.277 e. The van der Waals surface area contributed by atoms with E-state index in [2.05, 4.69) is 20.5 Å². The molecule has 29 heavy (non-hydrogen) atoms. The fourth-order valence-electron chi connectivity index (χ4n) is 2.56. The van der Waals surface area contributed by atoms with E-state index in [9.17, 15) is 9.18 Å². The van der Waals surface area contributed by atoms with Gasteiger partial charge >= 0.3 is 0 Å². The van der Waals surface area contributed by atoms with Crippen LogP contribution < -0.4 is 5.32 Å². The van der Waals surface area contributed by atoms with Crippen LogP contribution in [0.2, 0.25) is 0 Å². The molecule has 0 aliphatic rings. The number of nitrogens with one attached hydrogen (secondary N) is 1. The van der Waals surface area contributed by atoms with Gasteiger partial charge < -0.3 is 9.73 Å². The second-order valence-electron chi connectivity index (χ2n) is 6.07. The molecule has 0 aliphatic carbocycles. The minimum Gasteiger partial charge on any atom is -0.411 e. The first kappa shape index (κ1) is 19.3. The van der Waals surface area contributed by atoms with Crippen molar-refractivity contribution in [3.05, 3.63) is 65.3 Å². The van der Waals surface area contributed by atoms with Crippen LogP contribution >= 0.6 is 23.1 Å². The summed E-state index contributed by atoms with van der Waals surface area (Å²) in [6, 6.07) is 13.8. The number of thiazole rings is 1. The van der Waals surface area contributed by atoms with Crippen molar-refractivity contribution in [3.8, 4) is 22.7 Å². The van der Waals surface area contributed by atoms with Crippen LogP contribution in [0.3, 0.4) is 0 Å². The maximum absolute atomic E-state index is 13.0. The first-order valence-corrected chi connectivity index (χ1v) is 10.5. The molecule has 2 aromatic heterocycles. The molecule has 0 aliphatic heterocycles. The third-order valence-corrected chi connectivity index (χ3v) is 5.58. The van der Waals surface area contributed by atoms with Crippen molar-refractivity contribution in [2.24, 2.45) is 0 Å². The van der Waals surface area contributed by atoms with E-state index < -0.39 is 0 Å². The van der Waals surface area contributed by atoms with E-state index in [0.717, 1.165) is 28.5 Å². The summed E-state index contributed by atoms with van der Waals surface area (Å²) in [5.74, 6) is 0.00239. The van der Waals surface area contributed by atoms with E-state index >= 15 is 0 Å². The molecule has 0 saturated heterocycles. The van der Waals surface area contributed by atoms with E-state index in [1.807, 2.05) is 36.6 Å². The molecule has 1 N–H and O–H groups in total. The number of anilines is 1. The highest BCUT2D eigenvalue weighted by Crippen LogP contribution is 2.27. The zero-order chi connectivity index (χ0) is 20.2. The molecule has 4 aromatic rings. The highest BCUT2D eigenvalue weighted by atomic mass is 32.2. The lowest BCUT2D eigenvalue weighted by atomic mass is 10.1. The number of benzene rings is 2. The summed E-state index contributed by atoms with van der Waals surface area (Å²) in [5, 5.41) is 13.4. The minimum absolute atomic E-state index is 0.112. The van der Waals surface area contributed by atoms with Gasteiger partial charge in [-0.2, -0.15) is 0 Å². The predicted octanol–water partition coefficient (Wildman–Crippen LogP) is 5.04. The van der Waals surface area contributed by atoms with Crippen molar-refractivity contribution in [1.29, 1.82) is 0 Å². The van der Waals surface area contributed by atoms with Crippen molar-refractivity contribution in [2.75, 3.05) is 11.1 Å². The molecule has 2 heterocycles. The number of carbonyl (C=O) groups is 1. The number of halogens is 1. The summed E-state index contributed by atoms with van der Waals surface area (Å²) in [6.07, 6.45) is 0. The normalized spacial score (nSPS) is 10.8. The summed E-state index contributed by atoms with van der Waals surface area (Å²) in [6.45, 7) is 1.97. The van der Waals surface area contributed by atoms with Gasteiger partial charge in [0.25, 0.3) is 5.22 Å². The maximum atomic E-state index is 13.0. The second-order valence-corrected chi connectivity index (χ2v) is 7.85. The molecule has 146 valence electrons. The molecule has 0 saturated carbocycles. The summed E-state index contributed by atoms with van der Waals surface area (Å²) in [4.78, 5) is 16.6. The minimum atomic E-state index is -0.305. The Hall–Kier alpha value is -3.04. The highest BCUT2D eigenvalue weighted by Gasteiger charge is 2.14. The van der Waals surface area contributed by atoms with Gasteiger partial charge in [-0.3, -0.25) is 4.79 Å². The second kappa shape index (κ2) is 8.54. The van der Waals surface area contributed by atoms with Gasteiger partial charge in [-0.15, -0.1) is 21.5 Å². The van der Waals surface area contributed by atoms with Crippen LogP contribution in [0.15, 0.2) is 63.6 Å². The zero-order valence-electron chi connectivity index (χ0n) is 15.3. The van der Waals surface area contributed by atoms with Crippen LogP contribution in [0.4, 0.5) is 9.52 Å². The van der Waals surface area contributed by atoms with Gasteiger partial charge in [0, 0.05) is 16.5 Å². The predicted molar refractivity (Wildman–Crippen MR) is 111 cm³/mol. The van der Waals surface area contributed by atoms with Gasteiger partial charge in [-0.25, -0.2) is 9.37 Å². The standard InChI is InChI=1S/C20H15FN4O2S2/c1-12-4-2-3-5-15(12)18-24-25-20(27-18)29-11-17(26)23-19-22-16(10-28-19)13-6-8-14(21)9-7-13/h2-10H,11H2,1H3,(H,22,23,26). The lowest BCUT2D eigenvalue weighted by Crippen LogP contribution is -2.13. The molecule has 0 radical (unpaired) electrons. The molecule has 0 atom stereocenters. The highest BCUT2D eigenvalue weighted by molar-refractivity contribution is 7.99. The molecular formula is C20H15FN4O2S2. The summed E-state index contributed by atoms with van der Waals surface area (Å²) < 4.78 is 18.7. The number of nitrogens with zero attached hydrogens (tertiary/aromatic N) is 3. The first-order valence-electron chi connectivity index (χ1n) is 8.62. The summed E-state index contributed by atoms with van der Waals surface area (Å²) in [7, 11) is 0. The monoisotopic (exact) mass is 426 g/mol. The van der Waals surface area contributed by atoms with Gasteiger partial charge in [-0.1, -0.05) is 30.0 Å². The van der Waals surface area contributed by atoms with Crippen molar-refractivity contribution in [3.63, 3.8) is 0 Å². The third kappa shape index (κ3) is 4.69. The fraction of sp³-hybridized carbons (Fsp3) is 0.100. The Kier molecular flexibility index (Phi) is 5.68. The number of aromatic nitrogens is 3. The molecule has 0 unspecified atom stereocenters. The van der Waals surface area contributed by atoms with Gasteiger partial charge in [-0.05, 0) is 42.8 Å². The number of carbonyl (C=O) groups excluding carboxylic acids is 1. The molecule has 4 rings (SSSR count). The van der Waals surface area contributed by atoms with Crippen LogP contribution in [0.1, 0.15) is 5.56 Å². The van der Waals surface area contributed by atoms with Crippen molar-refractivity contribution in [1.82, 2.24) is 15.2 Å². The molecule has 0 spiro atoms. The van der Waals surface area contributed by atoms with E-state index in [0.29, 0.717) is 21.9 Å². The lowest BCUT2D eigenvalue weighted by molar-refractivity contribution is -0.113. The van der Waals surface area contributed by atoms with Crippen LogP contribution in [-0.4, -0.2) is 26.8 Å². The van der Waals surface area contributed by atoms with E-state index in [-0.39, 0.29) is 17.5 Å². The van der Waals surface area contributed by atoms with Crippen LogP contribution in [-0.2, 0) is 4.79 Å². The molecule has 0 bridgehead atoms. The summed E-state index contributed by atoms with van der Waals surface area (Å²) in [5.41, 5.74) is 3.36. The van der Waals surface area contributed by atoms with Gasteiger partial charge in [0.1, 0.15) is 5.82 Å². The quantitative estimate of drug-likeness (QED) is 0.435. The summed E-state index contributed by atoms with van der Waals surface area (Å²) >= 11 is 2.46. The van der Waals surface area contributed by atoms with Crippen molar-refractivity contribution >= 4 is 34.1 Å². The third-order valence-electron chi connectivity index (χ3n) is 4.00. The Morgan fingerprint density at radius 2 is 1.97 bits per heavy atom. The largest absolute Gasteiger partial charge is 0.411 e. The Bertz CT molecular complexity index is 1140. The van der Waals surface area contributed by atoms with Crippen molar-refractivity contribution in [2.45, 2.75) is 12.1 Å². The Morgan fingerprint density at radius 1 is 1.17 bits per heavy atom. The topological polar surface area (TPSA) is 80.9 Å². The smallest absolute Gasteiger partial charge is 0.277 e. The molecule has 1 amide bonds. The molecule has 9 heteroatoms. The van der Waals surface area contributed by atoms with E-state index in [4.69, 9.17) is 4.42 Å². The number of amides is 1. The number of hydrogen-bond acceptors (Lipinski definition) is 7. The number of aryl methyl sites for hydroxylation is 1. The van der Waals surface area contributed by atoms with E-state index in [1.165, 1.54) is 23.5 Å². The Balaban J connectivity index is 1.34. The SMILES string of the molecule is Cc1ccccc1-c1nnc(SCC(=O)Nc2nc(-c3ccc(F)cc3)cs2)o1. The van der Waals surface area contributed by atoms with Crippen LogP contribution in [0, 0.1) is 12.7 Å². The number of hydrogen-bond donors (Lipinski definition) is 1. The fourth-order valence-corrected chi connectivity index (χ4v) is 3.86. The lowest BCUT2D eigenvalue weighted by Gasteiger charge is -2.00. The molecular weight excluding hydrogens is 411 g/mol. The van der Waals surface area contributed by atoms with Crippen LogP contribution in [0.25, 0.3) is 22.7 Å². The number of rotatable bonds is 6. The molecule has 0 fully saturated rings. The first-order chi connectivity index (χ1) is 14.1. The molecule has 2 aromatic carbocycles. The van der Waals surface area contributed by atoms with Gasteiger partial charge in [0.15, 0.2) is 5.13 Å². The Morgan fingerprint density at radius 3 is 2.76 bits per heavy atom. The number of thioether (sulfide) groups is 1. The zero-order valence-corrected chi connectivity index (χ0v) is 16.9. The van der Waals surface area contributed by atoms with Gasteiger partial charge in [0.05, 0.1) is 11.4 Å². The van der Waals surface area contributed by atoms with Crippen molar-refractivity contribution < 1.29 is 13.6 Å². The molecule has 6 nitrogen and oxygen atoms in total. The van der Waals surface area contributed by atoms with Crippen LogP contribution in [0.5, 0.6) is 0 Å². The Labute approximate surface area is 174 Å². The van der Waals surface area contributed by atoms with E-state index in [1.54, 1.807) is 12.1 Å². The average molecular weight is 426 g/mol. The average Bonchev–Trinajstić information content (AvgIpc) is 3.37. The van der Waals surface area contributed by atoms with Gasteiger partial charge in [0.2, 0.25) is 11.8 Å².